The largest absolute Gasteiger partial charge is 0.346 e. The smallest absolute Gasteiger partial charge is 0.278 e. The molecule has 0 spiro atoms. The summed E-state index contributed by atoms with van der Waals surface area (Å²) in [7, 11) is 0. The molecule has 5 nitrogen and oxygen atoms in total. The van der Waals surface area contributed by atoms with E-state index in [1.54, 1.807) is 12.1 Å². The molecule has 108 valence electrons. The highest BCUT2D eigenvalue weighted by atomic mass is 35.5. The van der Waals surface area contributed by atoms with Crippen LogP contribution in [0.3, 0.4) is 0 Å². The lowest BCUT2D eigenvalue weighted by Gasteiger charge is -2.14. The molecule has 2 aromatic carbocycles. The highest BCUT2D eigenvalue weighted by molar-refractivity contribution is 6.30. The Morgan fingerprint density at radius 1 is 1.10 bits per heavy atom. The standard InChI is InChI=1S/C15H12ClNO4/c16-10-5-6-12(14(9-10)17(18)19)11-3-1-2-4-13(11)15-20-7-8-21-15/h1-6,9,15H,7-8H2. The molecule has 1 fully saturated rings. The lowest BCUT2D eigenvalue weighted by atomic mass is 9.98. The molecule has 6 heteroatoms. The monoisotopic (exact) mass is 305 g/mol. The lowest BCUT2D eigenvalue weighted by Crippen LogP contribution is -2.02. The zero-order valence-electron chi connectivity index (χ0n) is 11.0. The summed E-state index contributed by atoms with van der Waals surface area (Å²) in [5.74, 6) is 0. The maximum absolute atomic E-state index is 11.3. The third-order valence-electron chi connectivity index (χ3n) is 3.28. The van der Waals surface area contributed by atoms with Crippen LogP contribution in [0.4, 0.5) is 5.69 Å². The Kier molecular flexibility index (Phi) is 3.88. The molecule has 0 amide bonds. The van der Waals surface area contributed by atoms with Gasteiger partial charge in [0.2, 0.25) is 0 Å². The minimum atomic E-state index is -0.489. The van der Waals surface area contributed by atoms with E-state index in [1.807, 2.05) is 24.3 Å². The van der Waals surface area contributed by atoms with Crippen molar-refractivity contribution in [2.75, 3.05) is 13.2 Å². The first-order valence-electron chi connectivity index (χ1n) is 6.43. The average molecular weight is 306 g/mol. The molecule has 1 aliphatic heterocycles. The Balaban J connectivity index is 2.15. The Labute approximate surface area is 126 Å². The average Bonchev–Trinajstić information content (AvgIpc) is 3.01. The summed E-state index contributed by atoms with van der Waals surface area (Å²) in [6, 6.07) is 12.0. The van der Waals surface area contributed by atoms with Crippen LogP contribution in [-0.2, 0) is 9.47 Å². The van der Waals surface area contributed by atoms with Crippen LogP contribution in [-0.4, -0.2) is 18.1 Å². The van der Waals surface area contributed by atoms with Gasteiger partial charge in [0.15, 0.2) is 6.29 Å². The van der Waals surface area contributed by atoms with Gasteiger partial charge in [0, 0.05) is 16.7 Å². The van der Waals surface area contributed by atoms with E-state index in [0.29, 0.717) is 29.4 Å². The molecule has 0 radical (unpaired) electrons. The molecule has 1 aliphatic rings. The van der Waals surface area contributed by atoms with Gasteiger partial charge in [-0.15, -0.1) is 0 Å². The molecule has 21 heavy (non-hydrogen) atoms. The topological polar surface area (TPSA) is 61.6 Å². The summed E-state index contributed by atoms with van der Waals surface area (Å²) in [5, 5.41) is 11.6. The number of hydrogen-bond acceptors (Lipinski definition) is 4. The fourth-order valence-corrected chi connectivity index (χ4v) is 2.54. The summed E-state index contributed by atoms with van der Waals surface area (Å²) >= 11 is 5.86. The first-order valence-corrected chi connectivity index (χ1v) is 6.81. The molecule has 2 aromatic rings. The number of benzene rings is 2. The summed E-state index contributed by atoms with van der Waals surface area (Å²) in [6.07, 6.45) is -0.489. The van der Waals surface area contributed by atoms with Crippen LogP contribution in [0.15, 0.2) is 42.5 Å². The number of halogens is 1. The van der Waals surface area contributed by atoms with Gasteiger partial charge >= 0.3 is 0 Å². The first kappa shape index (κ1) is 14.0. The fraction of sp³-hybridized carbons (Fsp3) is 0.200. The van der Waals surface area contributed by atoms with Crippen molar-refractivity contribution in [1.82, 2.24) is 0 Å². The van der Waals surface area contributed by atoms with Gasteiger partial charge in [-0.25, -0.2) is 0 Å². The van der Waals surface area contributed by atoms with E-state index in [0.717, 1.165) is 5.56 Å². The van der Waals surface area contributed by atoms with Gasteiger partial charge in [-0.2, -0.15) is 0 Å². The summed E-state index contributed by atoms with van der Waals surface area (Å²) in [5.41, 5.74) is 1.96. The van der Waals surface area contributed by atoms with Gasteiger partial charge in [-0.05, 0) is 17.7 Å². The van der Waals surface area contributed by atoms with Crippen molar-refractivity contribution in [3.8, 4) is 11.1 Å². The maximum Gasteiger partial charge on any atom is 0.278 e. The Bertz CT molecular complexity index is 683. The van der Waals surface area contributed by atoms with E-state index in [-0.39, 0.29) is 5.69 Å². The number of hydrogen-bond donors (Lipinski definition) is 0. The molecule has 0 atom stereocenters. The molecular weight excluding hydrogens is 294 g/mol. The first-order chi connectivity index (χ1) is 10.2. The van der Waals surface area contributed by atoms with Crippen molar-refractivity contribution in [1.29, 1.82) is 0 Å². The van der Waals surface area contributed by atoms with Crippen molar-refractivity contribution in [2.45, 2.75) is 6.29 Å². The zero-order chi connectivity index (χ0) is 14.8. The molecular formula is C15H12ClNO4. The zero-order valence-corrected chi connectivity index (χ0v) is 11.7. The SMILES string of the molecule is O=[N+]([O-])c1cc(Cl)ccc1-c1ccccc1C1OCCO1. The number of rotatable bonds is 3. The maximum atomic E-state index is 11.3. The summed E-state index contributed by atoms with van der Waals surface area (Å²) in [6.45, 7) is 1.03. The van der Waals surface area contributed by atoms with Crippen molar-refractivity contribution in [3.63, 3.8) is 0 Å². The van der Waals surface area contributed by atoms with Gasteiger partial charge in [0.25, 0.3) is 5.69 Å². The van der Waals surface area contributed by atoms with Gasteiger partial charge in [-0.3, -0.25) is 10.1 Å². The number of nitro benzene ring substituents is 1. The van der Waals surface area contributed by atoms with Crippen LogP contribution in [0, 0.1) is 10.1 Å². The number of nitro groups is 1. The second-order valence-electron chi connectivity index (χ2n) is 4.58. The molecule has 0 N–H and O–H groups in total. The predicted molar refractivity (Wildman–Crippen MR) is 78.2 cm³/mol. The van der Waals surface area contributed by atoms with E-state index in [9.17, 15) is 10.1 Å². The normalized spacial score (nSPS) is 15.3. The van der Waals surface area contributed by atoms with Gasteiger partial charge in [-0.1, -0.05) is 35.9 Å². The highest BCUT2D eigenvalue weighted by Crippen LogP contribution is 2.38. The molecule has 1 heterocycles. The molecule has 0 aliphatic carbocycles. The second-order valence-corrected chi connectivity index (χ2v) is 5.02. The fourth-order valence-electron chi connectivity index (χ4n) is 2.37. The molecule has 0 unspecified atom stereocenters. The lowest BCUT2D eigenvalue weighted by molar-refractivity contribution is -0.384. The van der Waals surface area contributed by atoms with Crippen molar-refractivity contribution < 1.29 is 14.4 Å². The quantitative estimate of drug-likeness (QED) is 0.636. The Morgan fingerprint density at radius 2 is 1.81 bits per heavy atom. The van der Waals surface area contributed by atoms with Crippen LogP contribution in [0.25, 0.3) is 11.1 Å². The van der Waals surface area contributed by atoms with Crippen LogP contribution >= 0.6 is 11.6 Å². The van der Waals surface area contributed by atoms with E-state index in [2.05, 4.69) is 0 Å². The highest BCUT2D eigenvalue weighted by Gasteiger charge is 2.25. The van der Waals surface area contributed by atoms with Gasteiger partial charge in [0.1, 0.15) is 0 Å². The second kappa shape index (κ2) is 5.81. The molecule has 0 saturated carbocycles. The summed E-state index contributed by atoms with van der Waals surface area (Å²) in [4.78, 5) is 10.8. The van der Waals surface area contributed by atoms with E-state index in [1.165, 1.54) is 6.07 Å². The third-order valence-corrected chi connectivity index (χ3v) is 3.52. The summed E-state index contributed by atoms with van der Waals surface area (Å²) < 4.78 is 11.0. The molecule has 3 rings (SSSR count). The molecule has 0 bridgehead atoms. The van der Waals surface area contributed by atoms with Crippen LogP contribution < -0.4 is 0 Å². The van der Waals surface area contributed by atoms with Crippen LogP contribution in [0.5, 0.6) is 0 Å². The van der Waals surface area contributed by atoms with E-state index in [4.69, 9.17) is 21.1 Å². The Morgan fingerprint density at radius 3 is 2.52 bits per heavy atom. The van der Waals surface area contributed by atoms with Crippen molar-refractivity contribution in [2.24, 2.45) is 0 Å². The Hall–Kier alpha value is -1.95. The minimum Gasteiger partial charge on any atom is -0.346 e. The van der Waals surface area contributed by atoms with Gasteiger partial charge in [0.05, 0.1) is 23.7 Å². The minimum absolute atomic E-state index is 0.0343. The number of nitrogens with zero attached hydrogens (tertiary/aromatic N) is 1. The van der Waals surface area contributed by atoms with Crippen molar-refractivity contribution in [3.05, 3.63) is 63.2 Å². The molecule has 1 saturated heterocycles. The van der Waals surface area contributed by atoms with E-state index >= 15 is 0 Å². The van der Waals surface area contributed by atoms with E-state index < -0.39 is 11.2 Å². The third kappa shape index (κ3) is 2.76. The number of ether oxygens (including phenoxy) is 2. The van der Waals surface area contributed by atoms with Crippen LogP contribution in [0.1, 0.15) is 11.9 Å². The molecule has 0 aromatic heterocycles. The van der Waals surface area contributed by atoms with Gasteiger partial charge < -0.3 is 9.47 Å². The van der Waals surface area contributed by atoms with Crippen LogP contribution in [0.2, 0.25) is 5.02 Å². The van der Waals surface area contributed by atoms with Crippen molar-refractivity contribution >= 4 is 17.3 Å². The predicted octanol–water partition coefficient (Wildman–Crippen LogP) is 3.96.